The molecule has 0 spiro atoms. The highest BCUT2D eigenvalue weighted by molar-refractivity contribution is 5.89. The van der Waals surface area contributed by atoms with Crippen LogP contribution in [0.1, 0.15) is 5.56 Å². The molecule has 0 radical (unpaired) electrons. The number of H-pyrrole nitrogens is 1. The molecular formula is C20H19F2N3O. The Kier molecular flexibility index (Phi) is 4.32. The predicted octanol–water partition coefficient (Wildman–Crippen LogP) is 3.34. The molecule has 0 bridgehead atoms. The highest BCUT2D eigenvalue weighted by atomic mass is 19.1. The van der Waals surface area contributed by atoms with E-state index in [4.69, 9.17) is 0 Å². The van der Waals surface area contributed by atoms with Gasteiger partial charge in [-0.3, -0.25) is 4.79 Å². The normalized spacial score (nSPS) is 14.8. The number of nitrogens with zero attached hydrogens (tertiary/aromatic N) is 2. The van der Waals surface area contributed by atoms with Crippen LogP contribution in [0.5, 0.6) is 0 Å². The third-order valence-electron chi connectivity index (χ3n) is 4.90. The van der Waals surface area contributed by atoms with E-state index in [2.05, 4.69) is 9.88 Å². The summed E-state index contributed by atoms with van der Waals surface area (Å²) < 4.78 is 26.3. The molecule has 1 aliphatic rings. The van der Waals surface area contributed by atoms with Gasteiger partial charge >= 0.3 is 0 Å². The molecule has 4 nitrogen and oxygen atoms in total. The van der Waals surface area contributed by atoms with Gasteiger partial charge in [-0.2, -0.15) is 0 Å². The van der Waals surface area contributed by atoms with Crippen molar-refractivity contribution in [1.29, 1.82) is 0 Å². The van der Waals surface area contributed by atoms with Gasteiger partial charge in [-0.15, -0.1) is 0 Å². The van der Waals surface area contributed by atoms with E-state index in [-0.39, 0.29) is 17.5 Å². The van der Waals surface area contributed by atoms with Gasteiger partial charge in [-0.1, -0.05) is 0 Å². The van der Waals surface area contributed by atoms with Gasteiger partial charge in [0.05, 0.1) is 6.42 Å². The molecule has 4 rings (SSSR count). The van der Waals surface area contributed by atoms with Crippen molar-refractivity contribution in [3.8, 4) is 0 Å². The van der Waals surface area contributed by atoms with E-state index in [0.717, 1.165) is 29.7 Å². The van der Waals surface area contributed by atoms with Crippen molar-refractivity contribution in [3.63, 3.8) is 0 Å². The molecule has 1 N–H and O–H groups in total. The fraction of sp³-hybridized carbons (Fsp3) is 0.250. The fourth-order valence-electron chi connectivity index (χ4n) is 3.45. The van der Waals surface area contributed by atoms with Crippen LogP contribution in [0.15, 0.2) is 48.7 Å². The number of benzene rings is 2. The summed E-state index contributed by atoms with van der Waals surface area (Å²) >= 11 is 0. The smallest absolute Gasteiger partial charge is 0.227 e. The number of carbonyl (C=O) groups is 1. The molecule has 3 aromatic rings. The van der Waals surface area contributed by atoms with Crippen molar-refractivity contribution >= 4 is 22.5 Å². The van der Waals surface area contributed by atoms with E-state index in [0.29, 0.717) is 25.0 Å². The first-order valence-electron chi connectivity index (χ1n) is 8.64. The molecule has 1 aromatic heterocycles. The van der Waals surface area contributed by atoms with Crippen LogP contribution >= 0.6 is 0 Å². The minimum atomic E-state index is -0.297. The molecule has 1 fully saturated rings. The van der Waals surface area contributed by atoms with Gasteiger partial charge in [0.15, 0.2) is 0 Å². The topological polar surface area (TPSA) is 39.3 Å². The Morgan fingerprint density at radius 2 is 1.65 bits per heavy atom. The number of nitrogens with one attached hydrogen (secondary N) is 1. The van der Waals surface area contributed by atoms with Crippen LogP contribution in [0.2, 0.25) is 0 Å². The SMILES string of the molecule is O=C(Cc1c[nH]c2cc(F)ccc12)N1CCN(c2ccc(F)cc2)CC1. The molecule has 0 aliphatic carbocycles. The maximum absolute atomic E-state index is 13.3. The zero-order chi connectivity index (χ0) is 18.1. The molecule has 134 valence electrons. The number of aromatic nitrogens is 1. The van der Waals surface area contributed by atoms with E-state index in [1.807, 2.05) is 4.90 Å². The van der Waals surface area contributed by atoms with Gasteiger partial charge in [0.1, 0.15) is 11.6 Å². The van der Waals surface area contributed by atoms with E-state index in [9.17, 15) is 13.6 Å². The van der Waals surface area contributed by atoms with Crippen LogP contribution in [0, 0.1) is 11.6 Å². The number of rotatable bonds is 3. The highest BCUT2D eigenvalue weighted by Crippen LogP contribution is 2.21. The Hall–Kier alpha value is -2.89. The summed E-state index contributed by atoms with van der Waals surface area (Å²) in [6.45, 7) is 2.70. The third-order valence-corrected chi connectivity index (χ3v) is 4.90. The number of carbonyl (C=O) groups excluding carboxylic acids is 1. The molecule has 0 saturated carbocycles. The van der Waals surface area contributed by atoms with Crippen molar-refractivity contribution in [2.75, 3.05) is 31.1 Å². The van der Waals surface area contributed by atoms with Gasteiger partial charge in [0, 0.05) is 49.0 Å². The first kappa shape index (κ1) is 16.6. The summed E-state index contributed by atoms with van der Waals surface area (Å²) in [6, 6.07) is 11.0. The summed E-state index contributed by atoms with van der Waals surface area (Å²) in [5, 5.41) is 0.879. The van der Waals surface area contributed by atoms with Crippen LogP contribution in [0.4, 0.5) is 14.5 Å². The van der Waals surface area contributed by atoms with Gasteiger partial charge in [0.2, 0.25) is 5.91 Å². The second-order valence-corrected chi connectivity index (χ2v) is 6.52. The number of hydrogen-bond acceptors (Lipinski definition) is 2. The Morgan fingerprint density at radius 3 is 2.38 bits per heavy atom. The second kappa shape index (κ2) is 6.78. The second-order valence-electron chi connectivity index (χ2n) is 6.52. The van der Waals surface area contributed by atoms with Crippen molar-refractivity contribution < 1.29 is 13.6 Å². The van der Waals surface area contributed by atoms with E-state index in [1.54, 1.807) is 24.4 Å². The van der Waals surface area contributed by atoms with Gasteiger partial charge in [-0.05, 0) is 48.0 Å². The van der Waals surface area contributed by atoms with Crippen LogP contribution in [-0.2, 0) is 11.2 Å². The fourth-order valence-corrected chi connectivity index (χ4v) is 3.45. The number of anilines is 1. The maximum atomic E-state index is 13.3. The first-order chi connectivity index (χ1) is 12.6. The Bertz CT molecular complexity index is 928. The molecule has 0 unspecified atom stereocenters. The minimum absolute atomic E-state index is 0.0639. The van der Waals surface area contributed by atoms with Crippen molar-refractivity contribution in [2.45, 2.75) is 6.42 Å². The zero-order valence-electron chi connectivity index (χ0n) is 14.2. The number of aromatic amines is 1. The van der Waals surface area contributed by atoms with Crippen molar-refractivity contribution in [2.24, 2.45) is 0 Å². The lowest BCUT2D eigenvalue weighted by molar-refractivity contribution is -0.130. The largest absolute Gasteiger partial charge is 0.368 e. The molecule has 1 saturated heterocycles. The summed E-state index contributed by atoms with van der Waals surface area (Å²) in [4.78, 5) is 19.7. The average Bonchev–Trinajstić information content (AvgIpc) is 3.04. The van der Waals surface area contributed by atoms with Crippen LogP contribution in [0.25, 0.3) is 10.9 Å². The first-order valence-corrected chi connectivity index (χ1v) is 8.64. The Morgan fingerprint density at radius 1 is 0.962 bits per heavy atom. The van der Waals surface area contributed by atoms with Crippen LogP contribution in [0.3, 0.4) is 0 Å². The summed E-state index contributed by atoms with van der Waals surface area (Å²) in [5.41, 5.74) is 2.55. The Balaban J connectivity index is 1.39. The molecule has 1 amide bonds. The zero-order valence-corrected chi connectivity index (χ0v) is 14.2. The molecule has 1 aliphatic heterocycles. The molecule has 2 heterocycles. The van der Waals surface area contributed by atoms with Crippen molar-refractivity contribution in [1.82, 2.24) is 9.88 Å². The monoisotopic (exact) mass is 355 g/mol. The number of amides is 1. The molecule has 26 heavy (non-hydrogen) atoms. The van der Waals surface area contributed by atoms with E-state index in [1.165, 1.54) is 24.3 Å². The van der Waals surface area contributed by atoms with Gasteiger partial charge in [0.25, 0.3) is 0 Å². The van der Waals surface area contributed by atoms with E-state index < -0.39 is 0 Å². The minimum Gasteiger partial charge on any atom is -0.368 e. The van der Waals surface area contributed by atoms with Crippen molar-refractivity contribution in [3.05, 3.63) is 65.9 Å². The average molecular weight is 355 g/mol. The van der Waals surface area contributed by atoms with Crippen LogP contribution < -0.4 is 4.90 Å². The maximum Gasteiger partial charge on any atom is 0.227 e. The highest BCUT2D eigenvalue weighted by Gasteiger charge is 2.22. The number of halogens is 2. The molecular weight excluding hydrogens is 336 g/mol. The lowest BCUT2D eigenvalue weighted by Crippen LogP contribution is -2.49. The summed E-state index contributed by atoms with van der Waals surface area (Å²) in [6.07, 6.45) is 2.07. The summed E-state index contributed by atoms with van der Waals surface area (Å²) in [5.74, 6) is -0.482. The standard InChI is InChI=1S/C20H19F2N3O/c21-15-1-4-17(5-2-15)24-7-9-25(10-8-24)20(26)11-14-13-23-19-12-16(22)3-6-18(14)19/h1-6,12-13,23H,7-11H2. The number of fused-ring (bicyclic) bond motifs is 1. The molecule has 0 atom stereocenters. The quantitative estimate of drug-likeness (QED) is 0.783. The summed E-state index contributed by atoms with van der Waals surface area (Å²) in [7, 11) is 0. The van der Waals surface area contributed by atoms with Gasteiger partial charge < -0.3 is 14.8 Å². The molecule has 6 heteroatoms. The number of piperazine rings is 1. The Labute approximate surface area is 150 Å². The lowest BCUT2D eigenvalue weighted by Gasteiger charge is -2.36. The van der Waals surface area contributed by atoms with Crippen LogP contribution in [-0.4, -0.2) is 42.0 Å². The number of hydrogen-bond donors (Lipinski definition) is 1. The van der Waals surface area contributed by atoms with Gasteiger partial charge in [-0.25, -0.2) is 8.78 Å². The molecule has 2 aromatic carbocycles. The predicted molar refractivity (Wildman–Crippen MR) is 97.2 cm³/mol. The van der Waals surface area contributed by atoms with E-state index >= 15 is 0 Å². The lowest BCUT2D eigenvalue weighted by atomic mass is 10.1. The third kappa shape index (κ3) is 3.27.